The van der Waals surface area contributed by atoms with Crippen LogP contribution in [0, 0.1) is 0 Å². The van der Waals surface area contributed by atoms with Crippen molar-refractivity contribution >= 4 is 29.0 Å². The fourth-order valence-electron chi connectivity index (χ4n) is 2.28. The molecule has 0 aliphatic rings. The third-order valence-corrected chi connectivity index (χ3v) is 7.45. The van der Waals surface area contributed by atoms with Crippen molar-refractivity contribution in [3.63, 3.8) is 0 Å². The van der Waals surface area contributed by atoms with Gasteiger partial charge in [0.15, 0.2) is 0 Å². The molecule has 0 spiro atoms. The molecule has 26 heavy (non-hydrogen) atoms. The lowest BCUT2D eigenvalue weighted by Crippen LogP contribution is -2.28. The van der Waals surface area contributed by atoms with Gasteiger partial charge >= 0.3 is 7.59 Å². The van der Waals surface area contributed by atoms with Crippen molar-refractivity contribution < 1.29 is 13.0 Å². The molecule has 8 heteroatoms. The zero-order valence-corrected chi connectivity index (χ0v) is 15.5. The van der Waals surface area contributed by atoms with Crippen LogP contribution in [0.15, 0.2) is 95.9 Å². The summed E-state index contributed by atoms with van der Waals surface area (Å²) < 4.78 is 41.0. The normalized spacial score (nSPS) is 11.7. The van der Waals surface area contributed by atoms with Crippen LogP contribution in [0.2, 0.25) is 0 Å². The first-order valence-electron chi connectivity index (χ1n) is 7.83. The molecule has 3 N–H and O–H groups in total. The van der Waals surface area contributed by atoms with Crippen LogP contribution in [-0.4, -0.2) is 8.42 Å². The third kappa shape index (κ3) is 4.73. The Morgan fingerprint density at radius 3 is 1.42 bits per heavy atom. The molecule has 0 atom stereocenters. The van der Waals surface area contributed by atoms with Gasteiger partial charge in [-0.25, -0.2) is 8.42 Å². The standard InChI is InChI=1S/C18H18N3O3PS/c22-25(19-16-10-4-1-5-11-16,20-17-12-6-2-7-13-17)21-26(23,24)18-14-8-3-9-15-18/h1-15H,(H3,19,20,21,22). The summed E-state index contributed by atoms with van der Waals surface area (Å²) in [6.07, 6.45) is 0. The lowest BCUT2D eigenvalue weighted by molar-refractivity contribution is 0.571. The van der Waals surface area contributed by atoms with Crippen LogP contribution in [0.4, 0.5) is 11.4 Å². The third-order valence-electron chi connectivity index (χ3n) is 3.42. The van der Waals surface area contributed by atoms with Crippen molar-refractivity contribution in [1.82, 2.24) is 4.49 Å². The van der Waals surface area contributed by atoms with E-state index in [-0.39, 0.29) is 4.90 Å². The highest BCUT2D eigenvalue weighted by Gasteiger charge is 2.30. The van der Waals surface area contributed by atoms with E-state index in [0.717, 1.165) is 0 Å². The number of sulfonamides is 1. The number of rotatable bonds is 7. The van der Waals surface area contributed by atoms with Gasteiger partial charge in [-0.3, -0.25) is 4.57 Å². The van der Waals surface area contributed by atoms with Gasteiger partial charge in [0.2, 0.25) is 10.0 Å². The molecular weight excluding hydrogens is 369 g/mol. The second-order valence-electron chi connectivity index (χ2n) is 5.47. The summed E-state index contributed by atoms with van der Waals surface area (Å²) in [6, 6.07) is 25.3. The maximum absolute atomic E-state index is 13.4. The first kappa shape index (κ1) is 18.2. The Bertz CT molecular complexity index is 952. The van der Waals surface area contributed by atoms with Gasteiger partial charge in [0.1, 0.15) is 0 Å². The van der Waals surface area contributed by atoms with E-state index < -0.39 is 17.6 Å². The average Bonchev–Trinajstić information content (AvgIpc) is 2.63. The van der Waals surface area contributed by atoms with Gasteiger partial charge in [-0.1, -0.05) is 54.6 Å². The minimum absolute atomic E-state index is 0.0324. The smallest absolute Gasteiger partial charge is 0.308 e. The monoisotopic (exact) mass is 387 g/mol. The Balaban J connectivity index is 1.93. The summed E-state index contributed by atoms with van der Waals surface area (Å²) in [5.41, 5.74) is 1.05. The van der Waals surface area contributed by atoms with Crippen molar-refractivity contribution in [3.8, 4) is 0 Å². The maximum Gasteiger partial charge on any atom is 0.341 e. The Morgan fingerprint density at radius 2 is 1.00 bits per heavy atom. The van der Waals surface area contributed by atoms with Crippen molar-refractivity contribution in [1.29, 1.82) is 0 Å². The van der Waals surface area contributed by atoms with Crippen LogP contribution < -0.4 is 14.7 Å². The maximum atomic E-state index is 13.4. The van der Waals surface area contributed by atoms with Crippen LogP contribution in [0.1, 0.15) is 0 Å². The summed E-state index contributed by atoms with van der Waals surface area (Å²) >= 11 is 0. The molecule has 0 bridgehead atoms. The van der Waals surface area contributed by atoms with E-state index in [1.54, 1.807) is 66.7 Å². The van der Waals surface area contributed by atoms with E-state index in [1.165, 1.54) is 12.1 Å². The summed E-state index contributed by atoms with van der Waals surface area (Å²) in [5.74, 6) is 0. The zero-order valence-electron chi connectivity index (χ0n) is 13.7. The molecule has 3 rings (SSSR count). The molecule has 0 saturated heterocycles. The van der Waals surface area contributed by atoms with Crippen LogP contribution >= 0.6 is 7.59 Å². The molecule has 0 heterocycles. The SMILES string of the molecule is O=P(Nc1ccccc1)(Nc1ccccc1)NS(=O)(=O)c1ccccc1. The number of benzene rings is 3. The highest BCUT2D eigenvalue weighted by atomic mass is 32.2. The first-order valence-corrected chi connectivity index (χ1v) is 11.0. The highest BCUT2D eigenvalue weighted by Crippen LogP contribution is 2.43. The molecule has 134 valence electrons. The second kappa shape index (κ2) is 7.74. The Kier molecular flexibility index (Phi) is 5.42. The van der Waals surface area contributed by atoms with Crippen molar-refractivity contribution in [2.75, 3.05) is 10.2 Å². The Hall–Kier alpha value is -2.60. The lowest BCUT2D eigenvalue weighted by atomic mass is 10.3. The minimum Gasteiger partial charge on any atom is -0.308 e. The van der Waals surface area contributed by atoms with E-state index in [1.807, 2.05) is 12.1 Å². The van der Waals surface area contributed by atoms with Crippen LogP contribution in [0.3, 0.4) is 0 Å². The Labute approximate surface area is 152 Å². The Morgan fingerprint density at radius 1 is 0.615 bits per heavy atom. The number of para-hydroxylation sites is 2. The van der Waals surface area contributed by atoms with Crippen molar-refractivity contribution in [3.05, 3.63) is 91.0 Å². The van der Waals surface area contributed by atoms with Gasteiger partial charge in [-0.05, 0) is 36.4 Å². The molecule has 0 aliphatic heterocycles. The van der Waals surface area contributed by atoms with E-state index in [0.29, 0.717) is 11.4 Å². The summed E-state index contributed by atoms with van der Waals surface area (Å²) in [5, 5.41) is 5.57. The zero-order chi connectivity index (χ0) is 18.5. The molecule has 0 unspecified atom stereocenters. The largest absolute Gasteiger partial charge is 0.341 e. The molecule has 3 aromatic rings. The average molecular weight is 387 g/mol. The van der Waals surface area contributed by atoms with E-state index in [4.69, 9.17) is 0 Å². The topological polar surface area (TPSA) is 87.3 Å². The molecule has 6 nitrogen and oxygen atoms in total. The predicted octanol–water partition coefficient (Wildman–Crippen LogP) is 4.30. The molecule has 3 aromatic carbocycles. The molecule has 0 radical (unpaired) electrons. The molecule has 0 saturated carbocycles. The molecule has 0 aliphatic carbocycles. The molecule has 0 amide bonds. The van der Waals surface area contributed by atoms with Crippen LogP contribution in [0.5, 0.6) is 0 Å². The van der Waals surface area contributed by atoms with Crippen LogP contribution in [0.25, 0.3) is 0 Å². The van der Waals surface area contributed by atoms with E-state index in [9.17, 15) is 13.0 Å². The number of nitrogens with one attached hydrogen (secondary N) is 3. The second-order valence-corrected chi connectivity index (χ2v) is 9.35. The van der Waals surface area contributed by atoms with Gasteiger partial charge in [-0.15, -0.1) is 4.49 Å². The van der Waals surface area contributed by atoms with Crippen molar-refractivity contribution in [2.45, 2.75) is 4.90 Å². The van der Waals surface area contributed by atoms with E-state index in [2.05, 4.69) is 14.7 Å². The fraction of sp³-hybridized carbons (Fsp3) is 0. The van der Waals surface area contributed by atoms with Gasteiger partial charge in [0, 0.05) is 11.4 Å². The lowest BCUT2D eigenvalue weighted by Gasteiger charge is -2.23. The highest BCUT2D eigenvalue weighted by molar-refractivity contribution is 7.96. The van der Waals surface area contributed by atoms with Crippen LogP contribution in [-0.2, 0) is 14.6 Å². The first-order chi connectivity index (χ1) is 12.5. The fourth-order valence-corrected chi connectivity index (χ4v) is 6.02. The van der Waals surface area contributed by atoms with Gasteiger partial charge in [-0.2, -0.15) is 0 Å². The van der Waals surface area contributed by atoms with Gasteiger partial charge in [0.05, 0.1) is 4.90 Å². The molecule has 0 aromatic heterocycles. The predicted molar refractivity (Wildman–Crippen MR) is 104 cm³/mol. The summed E-state index contributed by atoms with van der Waals surface area (Å²) in [7, 11) is -7.78. The molecular formula is C18H18N3O3PS. The van der Waals surface area contributed by atoms with E-state index >= 15 is 0 Å². The quantitative estimate of drug-likeness (QED) is 0.526. The van der Waals surface area contributed by atoms with Crippen molar-refractivity contribution in [2.24, 2.45) is 0 Å². The summed E-state index contributed by atoms with van der Waals surface area (Å²) in [6.45, 7) is 0. The minimum atomic E-state index is -4.00. The summed E-state index contributed by atoms with van der Waals surface area (Å²) in [4.78, 5) is 0.0324. The number of anilines is 2. The van der Waals surface area contributed by atoms with Gasteiger partial charge in [0.25, 0.3) is 0 Å². The van der Waals surface area contributed by atoms with Gasteiger partial charge < -0.3 is 10.2 Å². The number of hydrogen-bond donors (Lipinski definition) is 3. The number of hydrogen-bond acceptors (Lipinski definition) is 3. The molecule has 0 fully saturated rings.